The third-order valence-electron chi connectivity index (χ3n) is 3.30. The molecule has 0 saturated carbocycles. The lowest BCUT2D eigenvalue weighted by molar-refractivity contribution is -0.123. The number of rotatable bonds is 3. The zero-order chi connectivity index (χ0) is 14.1. The van der Waals surface area contributed by atoms with Crippen molar-refractivity contribution in [1.82, 2.24) is 0 Å². The van der Waals surface area contributed by atoms with Crippen LogP contribution in [0, 0.1) is 0 Å². The molecule has 0 unspecified atom stereocenters. The van der Waals surface area contributed by atoms with Gasteiger partial charge in [0.25, 0.3) is 0 Å². The van der Waals surface area contributed by atoms with Crippen molar-refractivity contribution in [2.24, 2.45) is 5.73 Å². The summed E-state index contributed by atoms with van der Waals surface area (Å²) in [5, 5.41) is 2.97. The molecule has 0 radical (unpaired) electrons. The third kappa shape index (κ3) is 3.33. The van der Waals surface area contributed by atoms with Crippen molar-refractivity contribution in [2.75, 3.05) is 18.5 Å². The quantitative estimate of drug-likeness (QED) is 0.876. The lowest BCUT2D eigenvalue weighted by Crippen LogP contribution is -2.59. The van der Waals surface area contributed by atoms with E-state index >= 15 is 0 Å². The Balaban J connectivity index is 2.08. The van der Waals surface area contributed by atoms with Gasteiger partial charge in [0.15, 0.2) is 0 Å². The molecule has 4 nitrogen and oxygen atoms in total. The Morgan fingerprint density at radius 3 is 2.53 bits per heavy atom. The van der Waals surface area contributed by atoms with Gasteiger partial charge >= 0.3 is 0 Å². The molecule has 1 aliphatic heterocycles. The Morgan fingerprint density at radius 1 is 1.37 bits per heavy atom. The summed E-state index contributed by atoms with van der Waals surface area (Å²) in [7, 11) is 0. The van der Waals surface area contributed by atoms with E-state index in [9.17, 15) is 4.79 Å². The van der Waals surface area contributed by atoms with Gasteiger partial charge in [0, 0.05) is 12.1 Å². The molecule has 3 N–H and O–H groups in total. The predicted molar refractivity (Wildman–Crippen MR) is 76.1 cm³/mol. The van der Waals surface area contributed by atoms with Crippen LogP contribution in [0.15, 0.2) is 24.3 Å². The average molecular weight is 262 g/mol. The maximum absolute atomic E-state index is 12.1. The monoisotopic (exact) mass is 262 g/mol. The Kier molecular flexibility index (Phi) is 3.65. The highest BCUT2D eigenvalue weighted by molar-refractivity contribution is 5.92. The summed E-state index contributed by atoms with van der Waals surface area (Å²) in [6.45, 7) is 7.30. The fourth-order valence-electron chi connectivity index (χ4n) is 2.23. The Hall–Kier alpha value is -1.39. The molecule has 19 heavy (non-hydrogen) atoms. The minimum absolute atomic E-state index is 0.0101. The molecule has 0 bridgehead atoms. The number of nitrogens with two attached hydrogens (primary N) is 1. The van der Waals surface area contributed by atoms with Crippen LogP contribution in [-0.4, -0.2) is 24.7 Å². The van der Waals surface area contributed by atoms with Crippen molar-refractivity contribution in [3.63, 3.8) is 0 Å². The van der Waals surface area contributed by atoms with Gasteiger partial charge in [0.1, 0.15) is 0 Å². The lowest BCUT2D eigenvalue weighted by atomic mass is 9.85. The van der Waals surface area contributed by atoms with Crippen LogP contribution in [0.1, 0.15) is 32.8 Å². The number of carbonyl (C=O) groups excluding carboxylic acids is 1. The summed E-state index contributed by atoms with van der Waals surface area (Å²) >= 11 is 0. The van der Waals surface area contributed by atoms with Gasteiger partial charge in [-0.15, -0.1) is 0 Å². The van der Waals surface area contributed by atoms with Crippen molar-refractivity contribution in [3.05, 3.63) is 29.8 Å². The molecule has 1 aliphatic rings. The van der Waals surface area contributed by atoms with Crippen LogP contribution in [0.25, 0.3) is 0 Å². The van der Waals surface area contributed by atoms with Crippen molar-refractivity contribution in [2.45, 2.75) is 38.1 Å². The molecule has 0 atom stereocenters. The number of ether oxygens (including phenoxy) is 1. The van der Waals surface area contributed by atoms with Crippen LogP contribution < -0.4 is 11.1 Å². The summed E-state index contributed by atoms with van der Waals surface area (Å²) < 4.78 is 5.06. The highest BCUT2D eigenvalue weighted by Gasteiger charge is 2.36. The van der Waals surface area contributed by atoms with Crippen LogP contribution in [0.2, 0.25) is 0 Å². The van der Waals surface area contributed by atoms with Gasteiger partial charge in [-0.3, -0.25) is 4.79 Å². The van der Waals surface area contributed by atoms with E-state index in [1.54, 1.807) is 0 Å². The van der Waals surface area contributed by atoms with Crippen molar-refractivity contribution >= 4 is 11.6 Å². The van der Waals surface area contributed by atoms with Crippen molar-refractivity contribution in [3.8, 4) is 0 Å². The van der Waals surface area contributed by atoms with E-state index in [-0.39, 0.29) is 11.3 Å². The number of benzene rings is 1. The standard InChI is InChI=1S/C15H22N2O2/c1-14(2,3)11-6-4-5-7-12(11)17-13(18)8-15(16)9-19-10-15/h4-7H,8-10,16H2,1-3H3,(H,17,18). The third-order valence-corrected chi connectivity index (χ3v) is 3.30. The van der Waals surface area contributed by atoms with Gasteiger partial charge in [-0.2, -0.15) is 0 Å². The second kappa shape index (κ2) is 4.94. The summed E-state index contributed by atoms with van der Waals surface area (Å²) in [6, 6.07) is 7.88. The normalized spacial score (nSPS) is 17.7. The molecule has 1 aromatic rings. The summed E-state index contributed by atoms with van der Waals surface area (Å²) in [4.78, 5) is 12.1. The molecule has 4 heteroatoms. The van der Waals surface area contributed by atoms with E-state index in [2.05, 4.69) is 26.1 Å². The van der Waals surface area contributed by atoms with Gasteiger partial charge in [0.05, 0.1) is 18.8 Å². The van der Waals surface area contributed by atoms with Gasteiger partial charge < -0.3 is 15.8 Å². The van der Waals surface area contributed by atoms with Gasteiger partial charge in [-0.1, -0.05) is 39.0 Å². The van der Waals surface area contributed by atoms with E-state index in [0.717, 1.165) is 11.3 Å². The molecular formula is C15H22N2O2. The smallest absolute Gasteiger partial charge is 0.226 e. The van der Waals surface area contributed by atoms with Crippen LogP contribution in [0.3, 0.4) is 0 Å². The SMILES string of the molecule is CC(C)(C)c1ccccc1NC(=O)CC1(N)COC1. The molecule has 1 amide bonds. The van der Waals surface area contributed by atoms with Gasteiger partial charge in [0.2, 0.25) is 5.91 Å². The number of hydrogen-bond donors (Lipinski definition) is 2. The van der Waals surface area contributed by atoms with E-state index in [0.29, 0.717) is 19.6 Å². The summed E-state index contributed by atoms with van der Waals surface area (Å²) in [5.74, 6) is -0.0532. The fraction of sp³-hybridized carbons (Fsp3) is 0.533. The molecule has 0 spiro atoms. The molecule has 1 saturated heterocycles. The van der Waals surface area contributed by atoms with Crippen molar-refractivity contribution in [1.29, 1.82) is 0 Å². The maximum atomic E-state index is 12.1. The minimum Gasteiger partial charge on any atom is -0.377 e. The van der Waals surface area contributed by atoms with E-state index in [1.807, 2.05) is 24.3 Å². The average Bonchev–Trinajstić information content (AvgIpc) is 2.26. The lowest BCUT2D eigenvalue weighted by Gasteiger charge is -2.37. The zero-order valence-corrected chi connectivity index (χ0v) is 11.8. The summed E-state index contributed by atoms with van der Waals surface area (Å²) in [6.07, 6.45) is 0.297. The molecule has 1 fully saturated rings. The molecule has 1 aromatic carbocycles. The molecule has 1 heterocycles. The largest absolute Gasteiger partial charge is 0.377 e. The first-order valence-electron chi connectivity index (χ1n) is 6.56. The number of nitrogens with one attached hydrogen (secondary N) is 1. The number of anilines is 1. The summed E-state index contributed by atoms with van der Waals surface area (Å²) in [5.41, 5.74) is 7.49. The molecular weight excluding hydrogens is 240 g/mol. The zero-order valence-electron chi connectivity index (χ0n) is 11.8. The van der Waals surface area contributed by atoms with Gasteiger partial charge in [-0.25, -0.2) is 0 Å². The van der Waals surface area contributed by atoms with Crippen molar-refractivity contribution < 1.29 is 9.53 Å². The van der Waals surface area contributed by atoms with E-state index < -0.39 is 5.54 Å². The molecule has 0 aromatic heterocycles. The molecule has 0 aliphatic carbocycles. The first-order valence-corrected chi connectivity index (χ1v) is 6.56. The number of carbonyl (C=O) groups is 1. The first-order chi connectivity index (χ1) is 8.80. The Bertz CT molecular complexity index is 473. The van der Waals surface area contributed by atoms with Crippen LogP contribution in [0.4, 0.5) is 5.69 Å². The number of hydrogen-bond acceptors (Lipinski definition) is 3. The van der Waals surface area contributed by atoms with E-state index in [4.69, 9.17) is 10.5 Å². The van der Waals surface area contributed by atoms with Crippen LogP contribution in [-0.2, 0) is 14.9 Å². The van der Waals surface area contributed by atoms with E-state index in [1.165, 1.54) is 0 Å². The Labute approximate surface area is 114 Å². The predicted octanol–water partition coefficient (Wildman–Crippen LogP) is 2.04. The fourth-order valence-corrected chi connectivity index (χ4v) is 2.23. The second-order valence-corrected chi connectivity index (χ2v) is 6.38. The Morgan fingerprint density at radius 2 is 2.00 bits per heavy atom. The molecule has 2 rings (SSSR count). The topological polar surface area (TPSA) is 64.4 Å². The second-order valence-electron chi connectivity index (χ2n) is 6.38. The highest BCUT2D eigenvalue weighted by Crippen LogP contribution is 2.29. The minimum atomic E-state index is -0.485. The highest BCUT2D eigenvalue weighted by atomic mass is 16.5. The molecule has 104 valence electrons. The number of para-hydroxylation sites is 1. The van der Waals surface area contributed by atoms with Crippen LogP contribution in [0.5, 0.6) is 0 Å². The van der Waals surface area contributed by atoms with Crippen LogP contribution >= 0.6 is 0 Å². The maximum Gasteiger partial charge on any atom is 0.226 e. The first kappa shape index (κ1) is 14.0. The number of amides is 1. The van der Waals surface area contributed by atoms with Gasteiger partial charge in [-0.05, 0) is 17.0 Å².